The number of carbonyl (C=O) groups excluding carboxylic acids is 2. The van der Waals surface area contributed by atoms with Gasteiger partial charge in [0.25, 0.3) is 5.91 Å². The van der Waals surface area contributed by atoms with E-state index in [1.54, 1.807) is 11.0 Å². The molecule has 162 valence electrons. The van der Waals surface area contributed by atoms with Gasteiger partial charge in [0.2, 0.25) is 5.91 Å². The van der Waals surface area contributed by atoms with E-state index in [1.165, 1.54) is 25.5 Å². The molecular weight excluding hydrogens is 400 g/mol. The Kier molecular flexibility index (Phi) is 6.96. The predicted octanol–water partition coefficient (Wildman–Crippen LogP) is 2.91. The Morgan fingerprint density at radius 3 is 2.58 bits per heavy atom. The van der Waals surface area contributed by atoms with E-state index >= 15 is 0 Å². The molecule has 1 aliphatic heterocycles. The molecule has 1 saturated heterocycles. The van der Waals surface area contributed by atoms with Crippen molar-refractivity contribution in [2.45, 2.75) is 19.8 Å². The van der Waals surface area contributed by atoms with E-state index in [-0.39, 0.29) is 29.2 Å². The molecule has 2 aromatic carbocycles. The molecule has 0 bridgehead atoms. The number of nitro benzene ring substituents is 1. The second-order valence-corrected chi connectivity index (χ2v) is 7.30. The summed E-state index contributed by atoms with van der Waals surface area (Å²) in [4.78, 5) is 37.4. The maximum absolute atomic E-state index is 12.7. The maximum Gasteiger partial charge on any atom is 0.311 e. The summed E-state index contributed by atoms with van der Waals surface area (Å²) in [6.45, 7) is 2.90. The fourth-order valence-electron chi connectivity index (χ4n) is 3.52. The van der Waals surface area contributed by atoms with Gasteiger partial charge in [-0.2, -0.15) is 5.10 Å². The number of rotatable bonds is 6. The highest BCUT2D eigenvalue weighted by atomic mass is 16.6. The molecule has 0 saturated carbocycles. The summed E-state index contributed by atoms with van der Waals surface area (Å²) in [5.74, 6) is -0.347. The number of amides is 2. The number of aryl methyl sites for hydroxylation is 1. The number of hydrazone groups is 1. The molecule has 0 atom stereocenters. The van der Waals surface area contributed by atoms with Crippen LogP contribution < -0.4 is 10.2 Å². The Labute approximate surface area is 179 Å². The smallest absolute Gasteiger partial charge is 0.311 e. The highest BCUT2D eigenvalue weighted by molar-refractivity contribution is 5.95. The van der Waals surface area contributed by atoms with Crippen LogP contribution in [0.3, 0.4) is 0 Å². The minimum atomic E-state index is -0.541. The number of nitro groups is 1. The van der Waals surface area contributed by atoms with E-state index in [4.69, 9.17) is 4.74 Å². The zero-order valence-corrected chi connectivity index (χ0v) is 17.4. The largest absolute Gasteiger partial charge is 0.490 e. The van der Waals surface area contributed by atoms with Crippen LogP contribution in [0, 0.1) is 23.0 Å². The Hall–Kier alpha value is -3.75. The zero-order chi connectivity index (χ0) is 22.4. The van der Waals surface area contributed by atoms with Crippen LogP contribution in [0.15, 0.2) is 47.6 Å². The van der Waals surface area contributed by atoms with E-state index in [1.807, 2.05) is 31.2 Å². The molecule has 2 amide bonds. The van der Waals surface area contributed by atoms with Crippen molar-refractivity contribution >= 4 is 23.7 Å². The molecule has 0 unspecified atom stereocenters. The molecule has 1 N–H and O–H groups in total. The van der Waals surface area contributed by atoms with Gasteiger partial charge in [-0.25, -0.2) is 5.43 Å². The van der Waals surface area contributed by atoms with Crippen molar-refractivity contribution in [2.24, 2.45) is 11.0 Å². The minimum Gasteiger partial charge on any atom is -0.490 e. The Morgan fingerprint density at radius 2 is 1.94 bits per heavy atom. The van der Waals surface area contributed by atoms with Gasteiger partial charge < -0.3 is 9.64 Å². The number of likely N-dealkylation sites (tertiary alicyclic amines) is 1. The highest BCUT2D eigenvalue weighted by Crippen LogP contribution is 2.27. The Bertz CT molecular complexity index is 1010. The summed E-state index contributed by atoms with van der Waals surface area (Å²) < 4.78 is 4.96. The number of nitrogens with zero attached hydrogens (tertiary/aromatic N) is 3. The number of hydrogen-bond donors (Lipinski definition) is 1. The van der Waals surface area contributed by atoms with Crippen LogP contribution in [0.2, 0.25) is 0 Å². The SMILES string of the molecule is COc1ccc(/C=N\NC(=O)C2CCN(C(=O)c3ccccc3C)CC2)cc1[N+](=O)[O-]. The fraction of sp³-hybridized carbons (Fsp3) is 0.318. The molecule has 31 heavy (non-hydrogen) atoms. The summed E-state index contributed by atoms with van der Waals surface area (Å²) in [6.07, 6.45) is 2.45. The predicted molar refractivity (Wildman–Crippen MR) is 115 cm³/mol. The van der Waals surface area contributed by atoms with E-state index in [2.05, 4.69) is 10.5 Å². The first-order chi connectivity index (χ1) is 14.9. The fourth-order valence-corrected chi connectivity index (χ4v) is 3.52. The molecule has 1 fully saturated rings. The lowest BCUT2D eigenvalue weighted by molar-refractivity contribution is -0.385. The van der Waals surface area contributed by atoms with Crippen molar-refractivity contribution in [1.82, 2.24) is 10.3 Å². The Balaban J connectivity index is 1.53. The zero-order valence-electron chi connectivity index (χ0n) is 17.4. The topological polar surface area (TPSA) is 114 Å². The molecular formula is C22H24N4O5. The van der Waals surface area contributed by atoms with Gasteiger partial charge in [-0.05, 0) is 43.5 Å². The van der Waals surface area contributed by atoms with Gasteiger partial charge in [0.1, 0.15) is 0 Å². The van der Waals surface area contributed by atoms with Crippen LogP contribution in [-0.4, -0.2) is 48.1 Å². The quantitative estimate of drug-likeness (QED) is 0.435. The van der Waals surface area contributed by atoms with Crippen LogP contribution in [0.5, 0.6) is 5.75 Å². The van der Waals surface area contributed by atoms with E-state index in [9.17, 15) is 19.7 Å². The molecule has 3 rings (SSSR count). The maximum atomic E-state index is 12.7. The third kappa shape index (κ3) is 5.25. The number of nitrogens with one attached hydrogen (secondary N) is 1. The number of ether oxygens (including phenoxy) is 1. The molecule has 0 radical (unpaired) electrons. The average molecular weight is 424 g/mol. The summed E-state index contributed by atoms with van der Waals surface area (Å²) in [5, 5.41) is 15.0. The first-order valence-electron chi connectivity index (χ1n) is 9.91. The van der Waals surface area contributed by atoms with Gasteiger partial charge in [-0.15, -0.1) is 0 Å². The summed E-state index contributed by atoms with van der Waals surface area (Å²) in [6, 6.07) is 11.9. The third-order valence-electron chi connectivity index (χ3n) is 5.32. The molecule has 9 nitrogen and oxygen atoms in total. The Morgan fingerprint density at radius 1 is 1.23 bits per heavy atom. The van der Waals surface area contributed by atoms with Gasteiger partial charge >= 0.3 is 5.69 Å². The van der Waals surface area contributed by atoms with Crippen molar-refractivity contribution in [3.05, 3.63) is 69.3 Å². The first-order valence-corrected chi connectivity index (χ1v) is 9.91. The molecule has 0 aromatic heterocycles. The van der Waals surface area contributed by atoms with E-state index in [0.717, 1.165) is 5.56 Å². The number of hydrogen-bond acceptors (Lipinski definition) is 6. The van der Waals surface area contributed by atoms with Crippen LogP contribution >= 0.6 is 0 Å². The van der Waals surface area contributed by atoms with Crippen molar-refractivity contribution in [3.63, 3.8) is 0 Å². The molecule has 0 spiro atoms. The van der Waals surface area contributed by atoms with Crippen molar-refractivity contribution < 1.29 is 19.2 Å². The van der Waals surface area contributed by atoms with Gasteiger partial charge in [0.05, 0.1) is 18.2 Å². The number of carbonyl (C=O) groups is 2. The van der Waals surface area contributed by atoms with Crippen molar-refractivity contribution in [3.8, 4) is 5.75 Å². The van der Waals surface area contributed by atoms with Gasteiger partial charge in [-0.1, -0.05) is 18.2 Å². The number of benzene rings is 2. The molecule has 1 aliphatic rings. The second-order valence-electron chi connectivity index (χ2n) is 7.30. The normalized spacial score (nSPS) is 14.5. The molecule has 2 aromatic rings. The standard InChI is InChI=1S/C22H24N4O5/c1-15-5-3-4-6-18(15)22(28)25-11-9-17(10-12-25)21(27)24-23-14-16-7-8-20(31-2)19(13-16)26(29)30/h3-8,13-14,17H,9-12H2,1-2H3,(H,24,27)/b23-14-. The summed E-state index contributed by atoms with van der Waals surface area (Å²) >= 11 is 0. The minimum absolute atomic E-state index is 0.0175. The van der Waals surface area contributed by atoms with Gasteiger partial charge in [-0.3, -0.25) is 19.7 Å². The van der Waals surface area contributed by atoms with Gasteiger partial charge in [0, 0.05) is 36.2 Å². The molecule has 1 heterocycles. The first kappa shape index (κ1) is 21.9. The molecule has 0 aliphatic carbocycles. The van der Waals surface area contributed by atoms with Gasteiger partial charge in [0.15, 0.2) is 5.75 Å². The molecule has 9 heteroatoms. The monoisotopic (exact) mass is 424 g/mol. The number of piperidine rings is 1. The highest BCUT2D eigenvalue weighted by Gasteiger charge is 2.28. The van der Waals surface area contributed by atoms with Crippen molar-refractivity contribution in [1.29, 1.82) is 0 Å². The summed E-state index contributed by atoms with van der Waals surface area (Å²) in [7, 11) is 1.36. The van der Waals surface area contributed by atoms with Crippen molar-refractivity contribution in [2.75, 3.05) is 20.2 Å². The second kappa shape index (κ2) is 9.84. The van der Waals surface area contributed by atoms with Crippen LogP contribution in [0.1, 0.15) is 34.3 Å². The lowest BCUT2D eigenvalue weighted by Gasteiger charge is -2.31. The average Bonchev–Trinajstić information content (AvgIpc) is 2.79. The van der Waals surface area contributed by atoms with Crippen LogP contribution in [0.4, 0.5) is 5.69 Å². The van der Waals surface area contributed by atoms with E-state index in [0.29, 0.717) is 37.1 Å². The van der Waals surface area contributed by atoms with E-state index < -0.39 is 4.92 Å². The number of methoxy groups -OCH3 is 1. The third-order valence-corrected chi connectivity index (χ3v) is 5.32. The van der Waals surface area contributed by atoms with Crippen LogP contribution in [0.25, 0.3) is 0 Å². The summed E-state index contributed by atoms with van der Waals surface area (Å²) in [5.41, 5.74) is 4.39. The lowest BCUT2D eigenvalue weighted by Crippen LogP contribution is -2.42. The lowest BCUT2D eigenvalue weighted by atomic mass is 9.95. The van der Waals surface area contributed by atoms with Crippen LogP contribution in [-0.2, 0) is 4.79 Å².